The highest BCUT2D eigenvalue weighted by Gasteiger charge is 2.24. The Morgan fingerprint density at radius 3 is 1.80 bits per heavy atom. The Morgan fingerprint density at radius 1 is 0.854 bits per heavy atom. The summed E-state index contributed by atoms with van der Waals surface area (Å²) in [6, 6.07) is -0.671. The summed E-state index contributed by atoms with van der Waals surface area (Å²) in [6.45, 7) is 6.33. The molecule has 0 saturated heterocycles. The molecule has 1 aromatic rings. The SMILES string of the molecule is CCCCCCCCCCCCCCCCCCCC(COC(=O)[C@@H](N)[C@@H](C)CC)CC(=O)c1cnc(=O)[nH]c1N. The summed E-state index contributed by atoms with van der Waals surface area (Å²) >= 11 is 0. The maximum atomic E-state index is 12.9. The number of anilines is 1. The van der Waals surface area contributed by atoms with Crippen LogP contribution in [-0.2, 0) is 9.53 Å². The Balaban J connectivity index is 2.29. The number of nitrogens with zero attached hydrogens (tertiary/aromatic N) is 1. The van der Waals surface area contributed by atoms with Crippen LogP contribution in [0.3, 0.4) is 0 Å². The van der Waals surface area contributed by atoms with Crippen LogP contribution in [0.4, 0.5) is 5.82 Å². The second-order valence-corrected chi connectivity index (χ2v) is 12.0. The van der Waals surface area contributed by atoms with Crippen molar-refractivity contribution in [3.05, 3.63) is 22.2 Å². The molecule has 0 spiro atoms. The maximum Gasteiger partial charge on any atom is 0.346 e. The average Bonchev–Trinajstić information content (AvgIpc) is 2.96. The molecule has 0 aliphatic heterocycles. The summed E-state index contributed by atoms with van der Waals surface area (Å²) in [5, 5.41) is 0. The quantitative estimate of drug-likeness (QED) is 0.0589. The van der Waals surface area contributed by atoms with Crippen LogP contribution in [0.2, 0.25) is 0 Å². The van der Waals surface area contributed by atoms with Gasteiger partial charge in [0.15, 0.2) is 5.78 Å². The number of aromatic amines is 1. The molecule has 1 rings (SSSR count). The second kappa shape index (κ2) is 23.4. The fourth-order valence-electron chi connectivity index (χ4n) is 5.19. The lowest BCUT2D eigenvalue weighted by molar-refractivity contribution is -0.148. The van der Waals surface area contributed by atoms with Gasteiger partial charge in [-0.25, -0.2) is 9.78 Å². The predicted octanol–water partition coefficient (Wildman–Crippen LogP) is 7.50. The van der Waals surface area contributed by atoms with Gasteiger partial charge >= 0.3 is 11.7 Å². The molecule has 8 heteroatoms. The number of aromatic nitrogens is 2. The number of Topliss-reactive ketones (excluding diaryl/α,β-unsaturated/α-hetero) is 1. The number of nitrogens with two attached hydrogens (primary N) is 2. The first-order valence-corrected chi connectivity index (χ1v) is 16.6. The molecular formula is C33H60N4O4. The number of ether oxygens (including phenoxy) is 1. The molecule has 0 aliphatic carbocycles. The first-order valence-electron chi connectivity index (χ1n) is 16.6. The van der Waals surface area contributed by atoms with E-state index >= 15 is 0 Å². The second-order valence-electron chi connectivity index (χ2n) is 12.0. The number of unbranched alkanes of at least 4 members (excludes halogenated alkanes) is 16. The molecule has 0 saturated carbocycles. The van der Waals surface area contributed by atoms with Crippen LogP contribution < -0.4 is 17.2 Å². The van der Waals surface area contributed by atoms with E-state index in [4.69, 9.17) is 16.2 Å². The normalized spacial score (nSPS) is 13.6. The fourth-order valence-corrected chi connectivity index (χ4v) is 5.19. The minimum Gasteiger partial charge on any atom is -0.464 e. The van der Waals surface area contributed by atoms with Gasteiger partial charge < -0.3 is 16.2 Å². The summed E-state index contributed by atoms with van der Waals surface area (Å²) in [5.41, 5.74) is 11.5. The zero-order valence-corrected chi connectivity index (χ0v) is 26.4. The largest absolute Gasteiger partial charge is 0.464 e. The van der Waals surface area contributed by atoms with Gasteiger partial charge in [0.2, 0.25) is 0 Å². The first-order chi connectivity index (χ1) is 19.8. The number of carbonyl (C=O) groups excluding carboxylic acids is 2. The number of nitrogen functional groups attached to an aromatic ring is 1. The van der Waals surface area contributed by atoms with Gasteiger partial charge in [-0.2, -0.15) is 0 Å². The van der Waals surface area contributed by atoms with Crippen molar-refractivity contribution < 1.29 is 14.3 Å². The Bertz CT molecular complexity index is 888. The van der Waals surface area contributed by atoms with E-state index in [0.717, 1.165) is 25.7 Å². The molecule has 0 aromatic carbocycles. The van der Waals surface area contributed by atoms with Gasteiger partial charge in [0.25, 0.3) is 0 Å². The van der Waals surface area contributed by atoms with Crippen LogP contribution in [0.5, 0.6) is 0 Å². The lowest BCUT2D eigenvalue weighted by atomic mass is 9.93. The molecule has 8 nitrogen and oxygen atoms in total. The minimum atomic E-state index is -0.671. The topological polar surface area (TPSA) is 141 Å². The minimum absolute atomic E-state index is 0.0161. The number of hydrogen-bond acceptors (Lipinski definition) is 7. The van der Waals surface area contributed by atoms with Crippen molar-refractivity contribution in [1.82, 2.24) is 9.97 Å². The van der Waals surface area contributed by atoms with E-state index in [0.29, 0.717) is 0 Å². The van der Waals surface area contributed by atoms with E-state index in [-0.39, 0.29) is 42.0 Å². The van der Waals surface area contributed by atoms with Crippen molar-refractivity contribution in [3.8, 4) is 0 Å². The molecule has 236 valence electrons. The van der Waals surface area contributed by atoms with Gasteiger partial charge in [-0.3, -0.25) is 14.6 Å². The Labute approximate surface area is 249 Å². The van der Waals surface area contributed by atoms with Crippen molar-refractivity contribution in [2.75, 3.05) is 12.3 Å². The van der Waals surface area contributed by atoms with Gasteiger partial charge in [0.05, 0.1) is 12.2 Å². The molecule has 0 radical (unpaired) electrons. The Kier molecular flexibility index (Phi) is 21.0. The lowest BCUT2D eigenvalue weighted by Crippen LogP contribution is -2.38. The van der Waals surface area contributed by atoms with E-state index < -0.39 is 17.7 Å². The molecular weight excluding hydrogens is 516 g/mol. The van der Waals surface area contributed by atoms with Crippen LogP contribution in [0.25, 0.3) is 0 Å². The molecule has 0 amide bonds. The van der Waals surface area contributed by atoms with Gasteiger partial charge in [-0.15, -0.1) is 0 Å². The van der Waals surface area contributed by atoms with E-state index in [9.17, 15) is 14.4 Å². The van der Waals surface area contributed by atoms with Crippen molar-refractivity contribution in [3.63, 3.8) is 0 Å². The molecule has 5 N–H and O–H groups in total. The highest BCUT2D eigenvalue weighted by molar-refractivity contribution is 5.99. The summed E-state index contributed by atoms with van der Waals surface area (Å²) < 4.78 is 5.54. The number of nitrogens with one attached hydrogen (secondary N) is 1. The van der Waals surface area contributed by atoms with Crippen LogP contribution in [0, 0.1) is 11.8 Å². The van der Waals surface area contributed by atoms with Gasteiger partial charge in [0, 0.05) is 18.5 Å². The van der Waals surface area contributed by atoms with Crippen molar-refractivity contribution in [2.24, 2.45) is 17.6 Å². The smallest absolute Gasteiger partial charge is 0.346 e. The average molecular weight is 577 g/mol. The highest BCUT2D eigenvalue weighted by atomic mass is 16.5. The van der Waals surface area contributed by atoms with Gasteiger partial charge in [-0.05, 0) is 12.3 Å². The fraction of sp³-hybridized carbons (Fsp3) is 0.818. The first kappa shape index (κ1) is 36.8. The molecule has 1 aromatic heterocycles. The maximum absolute atomic E-state index is 12.9. The van der Waals surface area contributed by atoms with Gasteiger partial charge in [-0.1, -0.05) is 136 Å². The molecule has 1 unspecified atom stereocenters. The zero-order chi connectivity index (χ0) is 30.3. The van der Waals surface area contributed by atoms with Crippen molar-refractivity contribution in [2.45, 2.75) is 155 Å². The third kappa shape index (κ3) is 17.4. The number of hydrogen-bond donors (Lipinski definition) is 3. The van der Waals surface area contributed by atoms with E-state index in [1.165, 1.54) is 103 Å². The van der Waals surface area contributed by atoms with Crippen LogP contribution in [-0.4, -0.2) is 34.4 Å². The number of rotatable bonds is 26. The standard InChI is InChI=1S/C33H60N4O4/c1-4-6-7-8-9-10-11-12-13-14-15-16-17-18-19-20-21-22-27(25-41-32(39)30(34)26(3)5-2)23-29(38)28-24-36-33(40)37-31(28)35/h24,26-27,30H,4-23,25,34H2,1-3H3,(H3,35,36,37,40)/t26-,27?,30-/m0/s1. The molecule has 41 heavy (non-hydrogen) atoms. The monoisotopic (exact) mass is 576 g/mol. The number of esters is 1. The molecule has 0 aliphatic rings. The summed E-state index contributed by atoms with van der Waals surface area (Å²) in [4.78, 5) is 42.7. The summed E-state index contributed by atoms with van der Waals surface area (Å²) in [6.07, 6.45) is 25.2. The molecule has 3 atom stereocenters. The molecule has 1 heterocycles. The van der Waals surface area contributed by atoms with Crippen LogP contribution in [0.1, 0.15) is 160 Å². The lowest BCUT2D eigenvalue weighted by Gasteiger charge is -2.20. The summed E-state index contributed by atoms with van der Waals surface area (Å²) in [7, 11) is 0. The predicted molar refractivity (Wildman–Crippen MR) is 169 cm³/mol. The van der Waals surface area contributed by atoms with Gasteiger partial charge in [0.1, 0.15) is 11.9 Å². The number of H-pyrrole nitrogens is 1. The zero-order valence-electron chi connectivity index (χ0n) is 26.4. The number of ketones is 1. The van der Waals surface area contributed by atoms with Crippen molar-refractivity contribution >= 4 is 17.6 Å². The van der Waals surface area contributed by atoms with Crippen LogP contribution >= 0.6 is 0 Å². The number of carbonyl (C=O) groups is 2. The summed E-state index contributed by atoms with van der Waals surface area (Å²) in [5.74, 6) is -0.741. The van der Waals surface area contributed by atoms with Crippen molar-refractivity contribution in [1.29, 1.82) is 0 Å². The molecule has 0 bridgehead atoms. The third-order valence-corrected chi connectivity index (χ3v) is 8.32. The van der Waals surface area contributed by atoms with E-state index in [2.05, 4.69) is 16.9 Å². The Morgan fingerprint density at radius 2 is 1.34 bits per heavy atom. The Hall–Kier alpha value is -2.22. The third-order valence-electron chi connectivity index (χ3n) is 8.32. The molecule has 0 fully saturated rings. The van der Waals surface area contributed by atoms with Crippen LogP contribution in [0.15, 0.2) is 11.0 Å². The highest BCUT2D eigenvalue weighted by Crippen LogP contribution is 2.21. The van der Waals surface area contributed by atoms with E-state index in [1.54, 1.807) is 0 Å². The van der Waals surface area contributed by atoms with E-state index in [1.807, 2.05) is 13.8 Å².